The van der Waals surface area contributed by atoms with Crippen molar-refractivity contribution in [1.82, 2.24) is 9.88 Å². The van der Waals surface area contributed by atoms with E-state index in [0.717, 1.165) is 48.8 Å². The largest absolute Gasteiger partial charge is 0.386 e. The van der Waals surface area contributed by atoms with E-state index in [1.165, 1.54) is 18.4 Å². The topological polar surface area (TPSA) is 68.5 Å². The molecule has 0 bridgehead atoms. The summed E-state index contributed by atoms with van der Waals surface area (Å²) >= 11 is 0. The van der Waals surface area contributed by atoms with Crippen LogP contribution in [0.15, 0.2) is 55.1 Å². The maximum Gasteiger partial charge on any atom is 0.239 e. The Hall–Kier alpha value is -3.10. The van der Waals surface area contributed by atoms with Crippen LogP contribution in [0.4, 0.5) is 0 Å². The van der Waals surface area contributed by atoms with Gasteiger partial charge in [-0.15, -0.1) is 0 Å². The van der Waals surface area contributed by atoms with Gasteiger partial charge in [-0.2, -0.15) is 0 Å². The summed E-state index contributed by atoms with van der Waals surface area (Å²) in [5.41, 5.74) is 9.60. The zero-order valence-electron chi connectivity index (χ0n) is 20.8. The molecule has 3 aliphatic rings. The second-order valence-electron chi connectivity index (χ2n) is 10.7. The first-order valence-corrected chi connectivity index (χ1v) is 12.7. The molecule has 1 atom stereocenters. The molecule has 1 unspecified atom stereocenters. The van der Waals surface area contributed by atoms with Crippen LogP contribution in [0, 0.1) is 23.2 Å². The van der Waals surface area contributed by atoms with Gasteiger partial charge in [-0.3, -0.25) is 14.7 Å². The lowest BCUT2D eigenvalue weighted by atomic mass is 9.57. The fourth-order valence-electron chi connectivity index (χ4n) is 6.16. The fraction of sp³-hybridized carbons (Fsp3) is 0.467. The van der Waals surface area contributed by atoms with Gasteiger partial charge in [0.25, 0.3) is 0 Å². The lowest BCUT2D eigenvalue weighted by Gasteiger charge is -2.48. The van der Waals surface area contributed by atoms with Gasteiger partial charge in [-0.05, 0) is 92.2 Å². The van der Waals surface area contributed by atoms with E-state index >= 15 is 0 Å². The predicted octanol–water partition coefficient (Wildman–Crippen LogP) is 4.69. The van der Waals surface area contributed by atoms with Gasteiger partial charge in [0.2, 0.25) is 5.91 Å². The van der Waals surface area contributed by atoms with E-state index in [1.54, 1.807) is 24.4 Å². The molecule has 0 aliphatic heterocycles. The average Bonchev–Trinajstić information content (AvgIpc) is 3.67. The van der Waals surface area contributed by atoms with Gasteiger partial charge >= 0.3 is 0 Å². The Kier molecular flexibility index (Phi) is 6.19. The number of methoxy groups -OCH3 is 1. The molecule has 1 spiro atoms. The molecule has 182 valence electrons. The third kappa shape index (κ3) is 4.25. The molecule has 35 heavy (non-hydrogen) atoms. The maximum absolute atomic E-state index is 14.6. The van der Waals surface area contributed by atoms with Crippen LogP contribution in [-0.4, -0.2) is 29.0 Å². The van der Waals surface area contributed by atoms with Crippen LogP contribution in [-0.2, 0) is 27.9 Å². The minimum atomic E-state index is -0.733. The smallest absolute Gasteiger partial charge is 0.239 e. The Morgan fingerprint density at radius 3 is 2.66 bits per heavy atom. The zero-order chi connectivity index (χ0) is 24.6. The minimum Gasteiger partial charge on any atom is -0.386 e. The molecule has 1 aromatic carbocycles. The quantitative estimate of drug-likeness (QED) is 0.645. The number of aromatic nitrogens is 1. The summed E-state index contributed by atoms with van der Waals surface area (Å²) < 4.78 is 5.69. The van der Waals surface area contributed by atoms with Gasteiger partial charge in [0.1, 0.15) is 0 Å². The highest BCUT2D eigenvalue weighted by atomic mass is 16.5. The van der Waals surface area contributed by atoms with Gasteiger partial charge in [0.15, 0.2) is 0 Å². The first kappa shape index (κ1) is 23.6. The molecule has 2 saturated carbocycles. The van der Waals surface area contributed by atoms with Crippen molar-refractivity contribution in [3.05, 3.63) is 77.4 Å². The van der Waals surface area contributed by atoms with Gasteiger partial charge in [0.05, 0.1) is 23.9 Å². The highest BCUT2D eigenvalue weighted by Gasteiger charge is 2.60. The monoisotopic (exact) mass is 469 g/mol. The second-order valence-corrected chi connectivity index (χ2v) is 10.7. The van der Waals surface area contributed by atoms with Crippen LogP contribution < -0.4 is 5.73 Å². The van der Waals surface area contributed by atoms with Crippen molar-refractivity contribution in [2.24, 2.45) is 17.1 Å². The van der Waals surface area contributed by atoms with Crippen LogP contribution in [0.3, 0.4) is 0 Å². The van der Waals surface area contributed by atoms with E-state index in [0.29, 0.717) is 12.5 Å². The van der Waals surface area contributed by atoms with Gasteiger partial charge in [-0.25, -0.2) is 0 Å². The molecule has 1 heterocycles. The van der Waals surface area contributed by atoms with E-state index in [-0.39, 0.29) is 23.2 Å². The van der Waals surface area contributed by atoms with Crippen LogP contribution in [0.25, 0.3) is 0 Å². The number of ether oxygens (including phenoxy) is 1. The van der Waals surface area contributed by atoms with Crippen molar-refractivity contribution in [3.63, 3.8) is 0 Å². The fourth-order valence-corrected chi connectivity index (χ4v) is 6.16. The molecular weight excluding hydrogens is 434 g/mol. The van der Waals surface area contributed by atoms with Gasteiger partial charge < -0.3 is 10.5 Å². The Labute approximate surface area is 208 Å². The number of carbonyl (C=O) groups excluding carboxylic acids is 1. The first-order valence-electron chi connectivity index (χ1n) is 12.7. The third-order valence-electron chi connectivity index (χ3n) is 8.54. The van der Waals surface area contributed by atoms with E-state index in [9.17, 15) is 4.79 Å². The van der Waals surface area contributed by atoms with E-state index < -0.39 is 5.41 Å². The van der Waals surface area contributed by atoms with E-state index in [2.05, 4.69) is 48.5 Å². The molecular formula is C30H35N3O2. The highest BCUT2D eigenvalue weighted by molar-refractivity contribution is 5.92. The molecule has 3 aliphatic carbocycles. The molecule has 2 aromatic rings. The number of rotatable bonds is 5. The summed E-state index contributed by atoms with van der Waals surface area (Å²) in [4.78, 5) is 20.5. The molecule has 0 radical (unpaired) electrons. The molecule has 5 rings (SSSR count). The van der Waals surface area contributed by atoms with E-state index in [4.69, 9.17) is 10.5 Å². The first-order chi connectivity index (χ1) is 16.9. The number of amides is 1. The van der Waals surface area contributed by atoms with Crippen molar-refractivity contribution >= 4 is 5.91 Å². The Bertz CT molecular complexity index is 1180. The summed E-state index contributed by atoms with van der Waals surface area (Å²) in [5, 5.41) is 0. The normalized spacial score (nSPS) is 27.1. The molecule has 2 N–H and O–H groups in total. The summed E-state index contributed by atoms with van der Waals surface area (Å²) in [6.07, 6.45) is 10.8. The van der Waals surface area contributed by atoms with Crippen molar-refractivity contribution in [3.8, 4) is 11.8 Å². The number of hydrogen-bond acceptors (Lipinski definition) is 4. The number of hydrogen-bond donors (Lipinski definition) is 1. The van der Waals surface area contributed by atoms with Crippen LogP contribution in [0.1, 0.15) is 67.7 Å². The molecule has 2 fully saturated rings. The van der Waals surface area contributed by atoms with Crippen LogP contribution in [0.5, 0.6) is 0 Å². The molecule has 5 heteroatoms. The number of carbonyl (C=O) groups is 1. The Morgan fingerprint density at radius 2 is 2.03 bits per heavy atom. The summed E-state index contributed by atoms with van der Waals surface area (Å²) in [5.74, 6) is 7.55. The Balaban J connectivity index is 1.57. The number of pyridine rings is 1. The van der Waals surface area contributed by atoms with Crippen molar-refractivity contribution < 1.29 is 9.53 Å². The second kappa shape index (κ2) is 9.17. The number of nitrogens with two attached hydrogens (primary N) is 1. The lowest BCUT2D eigenvalue weighted by molar-refractivity contribution is -0.142. The van der Waals surface area contributed by atoms with Crippen molar-refractivity contribution in [2.45, 2.75) is 69.9 Å². The molecule has 5 nitrogen and oxygen atoms in total. The predicted molar refractivity (Wildman–Crippen MR) is 137 cm³/mol. The summed E-state index contributed by atoms with van der Waals surface area (Å²) in [7, 11) is 1.79. The number of fused-ring (bicyclic) bond motifs is 1. The van der Waals surface area contributed by atoms with Crippen molar-refractivity contribution in [1.29, 1.82) is 0 Å². The standard InChI is InChI=1S/C30H35N3O2/c1-21(31)33(20-24-5-4-16-32-19-24)28(34)29(2)27-17-23(9-8-22-6-7-22)10-11-25(27)18-30(29)14-12-26(35-3)13-15-30/h4-5,10-11,16-17,19,22,26H,1,6-7,12-15,18,20,31H2,2-3H3. The summed E-state index contributed by atoms with van der Waals surface area (Å²) in [6, 6.07) is 10.3. The van der Waals surface area contributed by atoms with Crippen LogP contribution >= 0.6 is 0 Å². The van der Waals surface area contributed by atoms with Crippen LogP contribution in [0.2, 0.25) is 0 Å². The van der Waals surface area contributed by atoms with E-state index in [1.807, 2.05) is 12.1 Å². The third-order valence-corrected chi connectivity index (χ3v) is 8.54. The average molecular weight is 470 g/mol. The summed E-state index contributed by atoms with van der Waals surface area (Å²) in [6.45, 7) is 6.47. The van der Waals surface area contributed by atoms with Gasteiger partial charge in [-0.1, -0.05) is 30.6 Å². The highest BCUT2D eigenvalue weighted by Crippen LogP contribution is 2.60. The van der Waals surface area contributed by atoms with Crippen molar-refractivity contribution in [2.75, 3.05) is 7.11 Å². The molecule has 1 amide bonds. The SMILES string of the molecule is C=C(N)N(Cc1cccnc1)C(=O)C1(C)c2cc(C#CC3CC3)ccc2CC12CCC(OC)CC2. The van der Waals surface area contributed by atoms with Gasteiger partial charge in [0, 0.05) is 31.0 Å². The molecule has 1 aromatic heterocycles. The maximum atomic E-state index is 14.6. The zero-order valence-corrected chi connectivity index (χ0v) is 20.8. The minimum absolute atomic E-state index is 0.00997. The number of nitrogens with zero attached hydrogens (tertiary/aromatic N) is 2. The Morgan fingerprint density at radius 1 is 1.26 bits per heavy atom. The number of benzene rings is 1. The lowest BCUT2D eigenvalue weighted by Crippen LogP contribution is -2.55. The molecule has 0 saturated heterocycles.